The fourth-order valence-corrected chi connectivity index (χ4v) is 6.28. The summed E-state index contributed by atoms with van der Waals surface area (Å²) >= 11 is 8.23. The number of fused-ring (bicyclic) bond motifs is 3. The van der Waals surface area contributed by atoms with Gasteiger partial charge in [-0.25, -0.2) is 9.97 Å². The third-order valence-electron chi connectivity index (χ3n) is 6.83. The van der Waals surface area contributed by atoms with E-state index in [4.69, 9.17) is 21.6 Å². The smallest absolute Gasteiger partial charge is 0.216 e. The van der Waals surface area contributed by atoms with Gasteiger partial charge in [0.1, 0.15) is 0 Å². The lowest BCUT2D eigenvalue weighted by atomic mass is 9.98. The minimum absolute atomic E-state index is 0.258. The molecule has 0 spiro atoms. The van der Waals surface area contributed by atoms with E-state index in [9.17, 15) is 0 Å². The van der Waals surface area contributed by atoms with Crippen molar-refractivity contribution in [3.05, 3.63) is 133 Å². The number of aromatic nitrogens is 2. The van der Waals surface area contributed by atoms with Crippen molar-refractivity contribution in [2.24, 2.45) is 0 Å². The van der Waals surface area contributed by atoms with Crippen LogP contribution < -0.4 is 0 Å². The molecule has 0 aliphatic heterocycles. The van der Waals surface area contributed by atoms with Crippen molar-refractivity contribution in [1.82, 2.24) is 9.97 Å². The largest absolute Gasteiger partial charge is 0.223 e. The molecule has 7 rings (SSSR count). The highest BCUT2D eigenvalue weighted by atomic mass is 35.5. The van der Waals surface area contributed by atoms with Crippen LogP contribution in [0.25, 0.3) is 64.9 Å². The monoisotopic (exact) mass is 524 g/mol. The Hall–Kier alpha value is -4.31. The Kier molecular flexibility index (Phi) is 5.73. The zero-order valence-electron chi connectivity index (χ0n) is 20.3. The van der Waals surface area contributed by atoms with Gasteiger partial charge in [-0.05, 0) is 69.2 Å². The highest BCUT2D eigenvalue weighted by Gasteiger charge is 2.16. The van der Waals surface area contributed by atoms with Crippen molar-refractivity contribution in [1.29, 1.82) is 0 Å². The summed E-state index contributed by atoms with van der Waals surface area (Å²) in [7, 11) is 0. The zero-order chi connectivity index (χ0) is 25.5. The van der Waals surface area contributed by atoms with E-state index in [1.54, 1.807) is 11.3 Å². The predicted molar refractivity (Wildman–Crippen MR) is 162 cm³/mol. The van der Waals surface area contributed by atoms with Gasteiger partial charge in [-0.1, -0.05) is 103 Å². The van der Waals surface area contributed by atoms with Gasteiger partial charge in [0.05, 0.1) is 15.9 Å². The minimum Gasteiger partial charge on any atom is -0.216 e. The minimum atomic E-state index is 0.258. The molecule has 0 atom stereocenters. The molecule has 0 saturated heterocycles. The van der Waals surface area contributed by atoms with Crippen LogP contribution >= 0.6 is 22.9 Å². The molecule has 0 saturated carbocycles. The van der Waals surface area contributed by atoms with Gasteiger partial charge < -0.3 is 0 Å². The summed E-state index contributed by atoms with van der Waals surface area (Å²) in [6.45, 7) is 0. The van der Waals surface area contributed by atoms with Crippen LogP contribution in [-0.2, 0) is 0 Å². The van der Waals surface area contributed by atoms with Crippen LogP contribution in [0.15, 0.2) is 127 Å². The van der Waals surface area contributed by atoms with Gasteiger partial charge >= 0.3 is 0 Å². The van der Waals surface area contributed by atoms with E-state index >= 15 is 0 Å². The van der Waals surface area contributed by atoms with E-state index < -0.39 is 0 Å². The fourth-order valence-electron chi connectivity index (χ4n) is 4.98. The molecule has 0 aliphatic carbocycles. The van der Waals surface area contributed by atoms with Crippen LogP contribution in [0.4, 0.5) is 0 Å². The molecule has 0 bridgehead atoms. The second kappa shape index (κ2) is 9.53. The first-order valence-electron chi connectivity index (χ1n) is 12.4. The molecular formula is C34H21ClN2S. The van der Waals surface area contributed by atoms with Gasteiger partial charge in [-0.3, -0.25) is 0 Å². The Labute approximate surface area is 229 Å². The standard InChI is InChI=1S/C34H21ClN2S/c35-34-36-31(28-16-8-14-25(20-28)23-11-5-2-6-12-23)33-32(37-34)29-21-27(17-18-30(29)38-33)26-15-7-13-24(19-26)22-9-3-1-4-10-22/h1-21H. The van der Waals surface area contributed by atoms with Gasteiger partial charge in [0.15, 0.2) is 0 Å². The van der Waals surface area contributed by atoms with E-state index in [-0.39, 0.29) is 5.28 Å². The van der Waals surface area contributed by atoms with E-state index in [0.29, 0.717) is 0 Å². The van der Waals surface area contributed by atoms with E-state index in [2.05, 4.69) is 115 Å². The molecule has 5 aromatic carbocycles. The molecule has 180 valence electrons. The van der Waals surface area contributed by atoms with Gasteiger partial charge in [-0.2, -0.15) is 0 Å². The summed E-state index contributed by atoms with van der Waals surface area (Å²) in [6, 6.07) is 44.6. The summed E-state index contributed by atoms with van der Waals surface area (Å²) in [5.41, 5.74) is 9.83. The Morgan fingerprint density at radius 3 is 1.66 bits per heavy atom. The second-order valence-corrected chi connectivity index (χ2v) is 10.6. The lowest BCUT2D eigenvalue weighted by Gasteiger charge is -2.07. The van der Waals surface area contributed by atoms with E-state index in [1.165, 1.54) is 27.0 Å². The van der Waals surface area contributed by atoms with E-state index in [1.807, 2.05) is 12.1 Å². The second-order valence-electron chi connectivity index (χ2n) is 9.23. The molecule has 38 heavy (non-hydrogen) atoms. The summed E-state index contributed by atoms with van der Waals surface area (Å²) in [6.07, 6.45) is 0. The van der Waals surface area contributed by atoms with Crippen molar-refractivity contribution in [3.63, 3.8) is 0 Å². The maximum atomic E-state index is 6.52. The Balaban J connectivity index is 1.36. The summed E-state index contributed by atoms with van der Waals surface area (Å²) < 4.78 is 2.21. The van der Waals surface area contributed by atoms with Gasteiger partial charge in [0, 0.05) is 15.6 Å². The molecule has 2 aromatic heterocycles. The third-order valence-corrected chi connectivity index (χ3v) is 8.17. The van der Waals surface area contributed by atoms with Crippen LogP contribution in [0, 0.1) is 0 Å². The normalized spacial score (nSPS) is 11.3. The van der Waals surface area contributed by atoms with Gasteiger partial charge in [-0.15, -0.1) is 11.3 Å². The highest BCUT2D eigenvalue weighted by molar-refractivity contribution is 7.26. The maximum Gasteiger partial charge on any atom is 0.223 e. The number of nitrogens with zero attached hydrogens (tertiary/aromatic N) is 2. The molecule has 2 heterocycles. The van der Waals surface area contributed by atoms with E-state index in [0.717, 1.165) is 38.0 Å². The number of rotatable bonds is 4. The van der Waals surface area contributed by atoms with Crippen LogP contribution in [0.2, 0.25) is 5.28 Å². The zero-order valence-corrected chi connectivity index (χ0v) is 21.9. The first-order valence-corrected chi connectivity index (χ1v) is 13.6. The molecule has 0 radical (unpaired) electrons. The summed E-state index contributed by atoms with van der Waals surface area (Å²) in [5.74, 6) is 0. The summed E-state index contributed by atoms with van der Waals surface area (Å²) in [5, 5.41) is 1.35. The first kappa shape index (κ1) is 22.9. The topological polar surface area (TPSA) is 25.8 Å². The lowest BCUT2D eigenvalue weighted by Crippen LogP contribution is -1.89. The first-order chi connectivity index (χ1) is 18.7. The lowest BCUT2D eigenvalue weighted by molar-refractivity contribution is 1.24. The van der Waals surface area contributed by atoms with Crippen LogP contribution in [0.3, 0.4) is 0 Å². The van der Waals surface area contributed by atoms with Crippen molar-refractivity contribution in [2.75, 3.05) is 0 Å². The molecule has 0 aliphatic rings. The van der Waals surface area contributed by atoms with Crippen molar-refractivity contribution in [3.8, 4) is 44.6 Å². The fraction of sp³-hybridized carbons (Fsp3) is 0. The molecule has 4 heteroatoms. The Bertz CT molecular complexity index is 1930. The predicted octanol–water partition coefficient (Wildman–Crippen LogP) is 10.2. The Morgan fingerprint density at radius 1 is 0.474 bits per heavy atom. The number of benzene rings is 5. The van der Waals surface area contributed by atoms with Gasteiger partial charge in [0.2, 0.25) is 5.28 Å². The Morgan fingerprint density at radius 2 is 1.00 bits per heavy atom. The van der Waals surface area contributed by atoms with Crippen molar-refractivity contribution < 1.29 is 0 Å². The number of thiophene rings is 1. The molecule has 0 amide bonds. The van der Waals surface area contributed by atoms with Crippen LogP contribution in [-0.4, -0.2) is 9.97 Å². The maximum absolute atomic E-state index is 6.52. The molecule has 0 N–H and O–H groups in total. The van der Waals surface area contributed by atoms with Crippen molar-refractivity contribution >= 4 is 43.2 Å². The number of hydrogen-bond donors (Lipinski definition) is 0. The molecule has 0 fully saturated rings. The quantitative estimate of drug-likeness (QED) is 0.214. The molecular weight excluding hydrogens is 504 g/mol. The molecule has 7 aromatic rings. The van der Waals surface area contributed by atoms with Gasteiger partial charge in [0.25, 0.3) is 0 Å². The van der Waals surface area contributed by atoms with Crippen LogP contribution in [0.1, 0.15) is 0 Å². The highest BCUT2D eigenvalue weighted by Crippen LogP contribution is 2.41. The van der Waals surface area contributed by atoms with Crippen molar-refractivity contribution in [2.45, 2.75) is 0 Å². The molecule has 0 unspecified atom stereocenters. The third kappa shape index (κ3) is 4.16. The average molecular weight is 525 g/mol. The molecule has 2 nitrogen and oxygen atoms in total. The summed E-state index contributed by atoms with van der Waals surface area (Å²) in [4.78, 5) is 9.39. The average Bonchev–Trinajstić information content (AvgIpc) is 3.35. The SMILES string of the molecule is Clc1nc(-c2cccc(-c3ccccc3)c2)c2sc3ccc(-c4cccc(-c5ccccc5)c4)cc3c2n1. The number of hydrogen-bond acceptors (Lipinski definition) is 3. The number of halogens is 1. The van der Waals surface area contributed by atoms with Crippen LogP contribution in [0.5, 0.6) is 0 Å².